The summed E-state index contributed by atoms with van der Waals surface area (Å²) in [6.45, 7) is 4.15. The molecule has 0 aromatic carbocycles. The highest BCUT2D eigenvalue weighted by molar-refractivity contribution is 4.89. The molecule has 0 aromatic rings. The second-order valence-electron chi connectivity index (χ2n) is 6.46. The van der Waals surface area contributed by atoms with Gasteiger partial charge in [0.25, 0.3) is 0 Å². The van der Waals surface area contributed by atoms with Gasteiger partial charge in [-0.05, 0) is 49.9 Å². The third-order valence-electron chi connectivity index (χ3n) is 5.14. The minimum atomic E-state index is 0.501. The van der Waals surface area contributed by atoms with Gasteiger partial charge in [0.2, 0.25) is 0 Å². The van der Waals surface area contributed by atoms with E-state index in [1.165, 1.54) is 64.6 Å². The van der Waals surface area contributed by atoms with Gasteiger partial charge in [0.15, 0.2) is 0 Å². The second kappa shape index (κ2) is 4.66. The Balaban J connectivity index is 1.48. The van der Waals surface area contributed by atoms with Crippen molar-refractivity contribution in [2.24, 2.45) is 23.5 Å². The topological polar surface area (TPSA) is 29.3 Å². The summed E-state index contributed by atoms with van der Waals surface area (Å²) in [5.74, 6) is 3.01. The molecule has 0 radical (unpaired) electrons. The maximum atomic E-state index is 6.07. The molecule has 0 spiro atoms. The fourth-order valence-electron chi connectivity index (χ4n) is 4.34. The molecule has 3 fully saturated rings. The number of rotatable bonds is 2. The van der Waals surface area contributed by atoms with Crippen LogP contribution in [0.5, 0.6) is 0 Å². The van der Waals surface area contributed by atoms with Crippen molar-refractivity contribution in [3.8, 4) is 0 Å². The third kappa shape index (κ3) is 2.28. The normalized spacial score (nSPS) is 44.8. The minimum absolute atomic E-state index is 0.501. The Labute approximate surface area is 99.6 Å². The van der Waals surface area contributed by atoms with Crippen LogP contribution in [0.25, 0.3) is 0 Å². The quantitative estimate of drug-likeness (QED) is 0.776. The summed E-state index contributed by atoms with van der Waals surface area (Å²) in [7, 11) is 0. The van der Waals surface area contributed by atoms with E-state index in [0.29, 0.717) is 6.04 Å². The molecule has 0 aromatic heterocycles. The molecule has 16 heavy (non-hydrogen) atoms. The first kappa shape index (κ1) is 11.0. The predicted octanol–water partition coefficient (Wildman–Crippen LogP) is 2.24. The summed E-state index contributed by atoms with van der Waals surface area (Å²) >= 11 is 0. The zero-order valence-electron chi connectivity index (χ0n) is 10.4. The average molecular weight is 222 g/mol. The lowest BCUT2D eigenvalue weighted by Gasteiger charge is -2.30. The van der Waals surface area contributed by atoms with Crippen LogP contribution in [-0.2, 0) is 0 Å². The Bertz CT molecular complexity index is 229. The molecule has 3 aliphatic rings. The molecule has 2 saturated carbocycles. The highest BCUT2D eigenvalue weighted by Gasteiger charge is 2.36. The summed E-state index contributed by atoms with van der Waals surface area (Å²) in [5, 5.41) is 0. The van der Waals surface area contributed by atoms with Crippen LogP contribution < -0.4 is 5.73 Å². The predicted molar refractivity (Wildman–Crippen MR) is 67.2 cm³/mol. The van der Waals surface area contributed by atoms with Crippen LogP contribution in [-0.4, -0.2) is 30.6 Å². The average Bonchev–Trinajstić information content (AvgIpc) is 2.77. The smallest absolute Gasteiger partial charge is 0.00419 e. The van der Waals surface area contributed by atoms with E-state index in [2.05, 4.69) is 4.90 Å². The van der Waals surface area contributed by atoms with Gasteiger partial charge in [-0.3, -0.25) is 0 Å². The first-order chi connectivity index (χ1) is 7.81. The number of hydrogen-bond donors (Lipinski definition) is 1. The van der Waals surface area contributed by atoms with Crippen molar-refractivity contribution in [3.05, 3.63) is 0 Å². The minimum Gasteiger partial charge on any atom is -0.328 e. The van der Waals surface area contributed by atoms with E-state index >= 15 is 0 Å². The van der Waals surface area contributed by atoms with Crippen LogP contribution in [0.4, 0.5) is 0 Å². The van der Waals surface area contributed by atoms with Gasteiger partial charge in [-0.15, -0.1) is 0 Å². The second-order valence-corrected chi connectivity index (χ2v) is 6.46. The molecule has 2 nitrogen and oxygen atoms in total. The first-order valence-corrected chi connectivity index (χ1v) is 7.29. The molecule has 2 heteroatoms. The highest BCUT2D eigenvalue weighted by atomic mass is 15.2. The van der Waals surface area contributed by atoms with Crippen molar-refractivity contribution in [3.63, 3.8) is 0 Å². The summed E-state index contributed by atoms with van der Waals surface area (Å²) in [4.78, 5) is 2.75. The van der Waals surface area contributed by atoms with Crippen molar-refractivity contribution in [2.45, 2.75) is 51.0 Å². The van der Waals surface area contributed by atoms with E-state index < -0.39 is 0 Å². The molecule has 1 heterocycles. The van der Waals surface area contributed by atoms with E-state index in [0.717, 1.165) is 17.8 Å². The van der Waals surface area contributed by atoms with E-state index in [1.807, 2.05) is 0 Å². The Hall–Kier alpha value is -0.0800. The standard InChI is InChI=1S/C14H26N2/c15-14-6-1-3-11(7-14)8-16-9-12-4-2-5-13(12)10-16/h11-14H,1-10,15H2. The SMILES string of the molecule is NC1CCCC(CN2CC3CCCC3C2)C1. The lowest BCUT2D eigenvalue weighted by Crippen LogP contribution is -2.35. The highest BCUT2D eigenvalue weighted by Crippen LogP contribution is 2.38. The monoisotopic (exact) mass is 222 g/mol. The summed E-state index contributed by atoms with van der Waals surface area (Å²) < 4.78 is 0. The van der Waals surface area contributed by atoms with Crippen LogP contribution in [0.3, 0.4) is 0 Å². The van der Waals surface area contributed by atoms with E-state index in [-0.39, 0.29) is 0 Å². The Kier molecular flexibility index (Phi) is 3.21. The van der Waals surface area contributed by atoms with E-state index in [9.17, 15) is 0 Å². The molecule has 1 aliphatic heterocycles. The fraction of sp³-hybridized carbons (Fsp3) is 1.00. The number of nitrogens with two attached hydrogens (primary N) is 1. The van der Waals surface area contributed by atoms with Crippen molar-refractivity contribution >= 4 is 0 Å². The molecule has 2 aliphatic carbocycles. The van der Waals surface area contributed by atoms with Gasteiger partial charge in [-0.1, -0.05) is 12.8 Å². The third-order valence-corrected chi connectivity index (χ3v) is 5.14. The van der Waals surface area contributed by atoms with Crippen LogP contribution in [0, 0.1) is 17.8 Å². The molecule has 3 rings (SSSR count). The molecular weight excluding hydrogens is 196 g/mol. The van der Waals surface area contributed by atoms with Gasteiger partial charge in [0.1, 0.15) is 0 Å². The van der Waals surface area contributed by atoms with Crippen molar-refractivity contribution in [2.75, 3.05) is 19.6 Å². The van der Waals surface area contributed by atoms with Crippen LogP contribution in [0.15, 0.2) is 0 Å². The van der Waals surface area contributed by atoms with Crippen LogP contribution in [0.2, 0.25) is 0 Å². The van der Waals surface area contributed by atoms with Crippen molar-refractivity contribution in [1.29, 1.82) is 0 Å². The lowest BCUT2D eigenvalue weighted by molar-refractivity contribution is 0.211. The van der Waals surface area contributed by atoms with Crippen LogP contribution >= 0.6 is 0 Å². The van der Waals surface area contributed by atoms with Crippen molar-refractivity contribution in [1.82, 2.24) is 4.90 Å². The van der Waals surface area contributed by atoms with Gasteiger partial charge in [-0.25, -0.2) is 0 Å². The summed E-state index contributed by atoms with van der Waals surface area (Å²) in [6.07, 6.45) is 9.85. The zero-order valence-corrected chi connectivity index (χ0v) is 10.4. The number of fused-ring (bicyclic) bond motifs is 1. The van der Waals surface area contributed by atoms with Crippen molar-refractivity contribution < 1.29 is 0 Å². The molecular formula is C14H26N2. The maximum Gasteiger partial charge on any atom is 0.00419 e. The van der Waals surface area contributed by atoms with Gasteiger partial charge >= 0.3 is 0 Å². The Morgan fingerprint density at radius 2 is 1.62 bits per heavy atom. The molecule has 92 valence electrons. The number of nitrogens with zero attached hydrogens (tertiary/aromatic N) is 1. The molecule has 0 bridgehead atoms. The Morgan fingerprint density at radius 3 is 2.31 bits per heavy atom. The molecule has 4 atom stereocenters. The van der Waals surface area contributed by atoms with E-state index in [4.69, 9.17) is 5.73 Å². The number of likely N-dealkylation sites (tertiary alicyclic amines) is 1. The largest absolute Gasteiger partial charge is 0.328 e. The van der Waals surface area contributed by atoms with Gasteiger partial charge in [0.05, 0.1) is 0 Å². The Morgan fingerprint density at radius 1 is 0.938 bits per heavy atom. The van der Waals surface area contributed by atoms with Gasteiger partial charge < -0.3 is 10.6 Å². The van der Waals surface area contributed by atoms with Gasteiger partial charge in [0, 0.05) is 25.7 Å². The summed E-state index contributed by atoms with van der Waals surface area (Å²) in [6, 6.07) is 0.501. The number of hydrogen-bond acceptors (Lipinski definition) is 2. The fourth-order valence-corrected chi connectivity index (χ4v) is 4.34. The summed E-state index contributed by atoms with van der Waals surface area (Å²) in [5.41, 5.74) is 6.07. The maximum absolute atomic E-state index is 6.07. The first-order valence-electron chi connectivity index (χ1n) is 7.29. The van der Waals surface area contributed by atoms with Crippen LogP contribution in [0.1, 0.15) is 44.9 Å². The van der Waals surface area contributed by atoms with E-state index in [1.54, 1.807) is 0 Å². The molecule has 0 amide bonds. The van der Waals surface area contributed by atoms with Gasteiger partial charge in [-0.2, -0.15) is 0 Å². The zero-order chi connectivity index (χ0) is 11.0. The molecule has 2 N–H and O–H groups in total. The molecule has 4 unspecified atom stereocenters. The molecule has 1 saturated heterocycles. The lowest BCUT2D eigenvalue weighted by atomic mass is 9.86.